The second kappa shape index (κ2) is 13.2. The van der Waals surface area contributed by atoms with Crippen LogP contribution in [0.1, 0.15) is 44.7 Å². The molecule has 6 heteroatoms. The highest BCUT2D eigenvalue weighted by Gasteiger charge is 2.28. The molecule has 0 aliphatic rings. The van der Waals surface area contributed by atoms with Gasteiger partial charge >= 0.3 is 0 Å². The van der Waals surface area contributed by atoms with E-state index in [4.69, 9.17) is 0 Å². The normalized spacial score (nSPS) is 12.8. The van der Waals surface area contributed by atoms with E-state index in [-0.39, 0.29) is 29.4 Å². The first-order valence-electron chi connectivity index (χ1n) is 10.9. The van der Waals surface area contributed by atoms with Crippen molar-refractivity contribution in [3.05, 3.63) is 71.5 Å². The van der Waals surface area contributed by atoms with Crippen LogP contribution in [0.25, 0.3) is 0 Å². The number of rotatable bonds is 12. The summed E-state index contributed by atoms with van der Waals surface area (Å²) in [7, 11) is 0. The Balaban J connectivity index is 2.07. The molecule has 0 spiro atoms. The standard InChI is InChI=1S/C25H33FN2O2S/c1-4-19(3)27-25(30)23(5-2)28(16-15-20-11-7-6-8-12-20)24(29)18-31-17-21-13-9-10-14-22(21)26/h6-14,19,23H,4-5,15-18H2,1-3H3,(H,27,30)/t19-,23-/m1/s1. The molecule has 0 bridgehead atoms. The number of benzene rings is 2. The summed E-state index contributed by atoms with van der Waals surface area (Å²) in [6, 6.07) is 16.1. The lowest BCUT2D eigenvalue weighted by molar-refractivity contribution is -0.139. The van der Waals surface area contributed by atoms with Crippen LogP contribution in [0, 0.1) is 5.82 Å². The van der Waals surface area contributed by atoms with E-state index in [1.54, 1.807) is 23.1 Å². The van der Waals surface area contributed by atoms with E-state index in [0.29, 0.717) is 30.7 Å². The minimum atomic E-state index is -0.515. The summed E-state index contributed by atoms with van der Waals surface area (Å²) in [4.78, 5) is 27.7. The predicted molar refractivity (Wildman–Crippen MR) is 126 cm³/mol. The van der Waals surface area contributed by atoms with Gasteiger partial charge < -0.3 is 10.2 Å². The number of nitrogens with zero attached hydrogens (tertiary/aromatic N) is 1. The molecule has 31 heavy (non-hydrogen) atoms. The van der Waals surface area contributed by atoms with Gasteiger partial charge in [-0.3, -0.25) is 9.59 Å². The van der Waals surface area contributed by atoms with Gasteiger partial charge in [0.05, 0.1) is 5.75 Å². The van der Waals surface area contributed by atoms with Crippen LogP contribution in [-0.2, 0) is 21.8 Å². The largest absolute Gasteiger partial charge is 0.352 e. The molecule has 0 radical (unpaired) electrons. The van der Waals surface area contributed by atoms with Crippen LogP contribution in [0.5, 0.6) is 0 Å². The molecule has 2 atom stereocenters. The molecule has 0 heterocycles. The van der Waals surface area contributed by atoms with Crippen molar-refractivity contribution in [1.82, 2.24) is 10.2 Å². The molecule has 0 aromatic heterocycles. The van der Waals surface area contributed by atoms with E-state index in [0.717, 1.165) is 12.0 Å². The Kier molecular flexibility index (Phi) is 10.6. The number of amides is 2. The zero-order valence-electron chi connectivity index (χ0n) is 18.6. The Morgan fingerprint density at radius 2 is 1.71 bits per heavy atom. The molecule has 168 valence electrons. The highest BCUT2D eigenvalue weighted by molar-refractivity contribution is 7.99. The topological polar surface area (TPSA) is 49.4 Å². The summed E-state index contributed by atoms with van der Waals surface area (Å²) >= 11 is 1.37. The third-order valence-electron chi connectivity index (χ3n) is 5.31. The lowest BCUT2D eigenvalue weighted by Crippen LogP contribution is -2.52. The maximum absolute atomic E-state index is 13.9. The van der Waals surface area contributed by atoms with Gasteiger partial charge in [0, 0.05) is 18.3 Å². The molecule has 0 saturated heterocycles. The van der Waals surface area contributed by atoms with Gasteiger partial charge in [-0.25, -0.2) is 4.39 Å². The highest BCUT2D eigenvalue weighted by Crippen LogP contribution is 2.18. The molecular formula is C25H33FN2O2S. The van der Waals surface area contributed by atoms with E-state index in [1.165, 1.54) is 17.8 Å². The molecular weight excluding hydrogens is 411 g/mol. The van der Waals surface area contributed by atoms with Crippen LogP contribution in [0.15, 0.2) is 54.6 Å². The van der Waals surface area contributed by atoms with Gasteiger partial charge in [-0.05, 0) is 43.4 Å². The number of halogens is 1. The zero-order chi connectivity index (χ0) is 22.6. The van der Waals surface area contributed by atoms with Crippen molar-refractivity contribution in [3.8, 4) is 0 Å². The van der Waals surface area contributed by atoms with Crippen molar-refractivity contribution in [2.75, 3.05) is 12.3 Å². The fourth-order valence-corrected chi connectivity index (χ4v) is 4.18. The molecule has 2 amide bonds. The van der Waals surface area contributed by atoms with Gasteiger partial charge in [0.1, 0.15) is 11.9 Å². The minimum Gasteiger partial charge on any atom is -0.352 e. The summed E-state index contributed by atoms with van der Waals surface area (Å²) in [6.07, 6.45) is 2.05. The fourth-order valence-electron chi connectivity index (χ4n) is 3.28. The van der Waals surface area contributed by atoms with Gasteiger partial charge in [-0.2, -0.15) is 0 Å². The van der Waals surface area contributed by atoms with Crippen LogP contribution in [-0.4, -0.2) is 41.1 Å². The number of nitrogens with one attached hydrogen (secondary N) is 1. The van der Waals surface area contributed by atoms with Gasteiger partial charge in [-0.1, -0.05) is 62.4 Å². The first kappa shape index (κ1) is 24.9. The van der Waals surface area contributed by atoms with Crippen molar-refractivity contribution >= 4 is 23.6 Å². The summed E-state index contributed by atoms with van der Waals surface area (Å²) in [5, 5.41) is 3.01. The lowest BCUT2D eigenvalue weighted by Gasteiger charge is -2.31. The van der Waals surface area contributed by atoms with E-state index in [9.17, 15) is 14.0 Å². The van der Waals surface area contributed by atoms with E-state index >= 15 is 0 Å². The van der Waals surface area contributed by atoms with Gasteiger partial charge in [0.2, 0.25) is 11.8 Å². The lowest BCUT2D eigenvalue weighted by atomic mass is 10.1. The number of carbonyl (C=O) groups excluding carboxylic acids is 2. The Morgan fingerprint density at radius 1 is 1.03 bits per heavy atom. The Bertz CT molecular complexity index is 831. The first-order valence-corrected chi connectivity index (χ1v) is 12.1. The Morgan fingerprint density at radius 3 is 2.35 bits per heavy atom. The second-order valence-corrected chi connectivity index (χ2v) is 8.63. The number of carbonyl (C=O) groups is 2. The summed E-state index contributed by atoms with van der Waals surface area (Å²) in [6.45, 7) is 6.38. The van der Waals surface area contributed by atoms with Gasteiger partial charge in [0.25, 0.3) is 0 Å². The molecule has 0 aliphatic heterocycles. The maximum Gasteiger partial charge on any atom is 0.243 e. The average molecular weight is 445 g/mol. The smallest absolute Gasteiger partial charge is 0.243 e. The molecule has 0 fully saturated rings. The molecule has 0 saturated carbocycles. The van der Waals surface area contributed by atoms with Crippen molar-refractivity contribution in [1.29, 1.82) is 0 Å². The quantitative estimate of drug-likeness (QED) is 0.510. The number of hydrogen-bond donors (Lipinski definition) is 1. The van der Waals surface area contributed by atoms with E-state index in [2.05, 4.69) is 5.32 Å². The third kappa shape index (κ3) is 8.02. The SMILES string of the molecule is CC[C@@H](C)NC(=O)[C@@H](CC)N(CCc1ccccc1)C(=O)CSCc1ccccc1F. The van der Waals surface area contributed by atoms with Crippen molar-refractivity contribution in [2.45, 2.75) is 57.9 Å². The van der Waals surface area contributed by atoms with Crippen LogP contribution in [0.4, 0.5) is 4.39 Å². The van der Waals surface area contributed by atoms with E-state index in [1.807, 2.05) is 51.1 Å². The zero-order valence-corrected chi connectivity index (χ0v) is 19.5. The van der Waals surface area contributed by atoms with E-state index < -0.39 is 6.04 Å². The van der Waals surface area contributed by atoms with Crippen LogP contribution >= 0.6 is 11.8 Å². The summed E-state index contributed by atoms with van der Waals surface area (Å²) in [5.74, 6) is 0.153. The first-order chi connectivity index (χ1) is 15.0. The molecule has 2 rings (SSSR count). The molecule has 2 aromatic carbocycles. The second-order valence-electron chi connectivity index (χ2n) is 7.65. The number of hydrogen-bond acceptors (Lipinski definition) is 3. The monoisotopic (exact) mass is 444 g/mol. The Hall–Kier alpha value is -2.34. The van der Waals surface area contributed by atoms with Gasteiger partial charge in [0.15, 0.2) is 0 Å². The fraction of sp³-hybridized carbons (Fsp3) is 0.440. The average Bonchev–Trinajstić information content (AvgIpc) is 2.78. The highest BCUT2D eigenvalue weighted by atomic mass is 32.2. The van der Waals surface area contributed by atoms with Crippen molar-refractivity contribution in [3.63, 3.8) is 0 Å². The molecule has 2 aromatic rings. The van der Waals surface area contributed by atoms with Crippen molar-refractivity contribution < 1.29 is 14.0 Å². The van der Waals surface area contributed by atoms with Gasteiger partial charge in [-0.15, -0.1) is 11.8 Å². The summed E-state index contributed by atoms with van der Waals surface area (Å²) in [5.41, 5.74) is 1.70. The molecule has 4 nitrogen and oxygen atoms in total. The van der Waals surface area contributed by atoms with Crippen LogP contribution < -0.4 is 5.32 Å². The van der Waals surface area contributed by atoms with Crippen LogP contribution in [0.3, 0.4) is 0 Å². The molecule has 0 unspecified atom stereocenters. The minimum absolute atomic E-state index is 0.0584. The molecule has 1 N–H and O–H groups in total. The maximum atomic E-state index is 13.9. The molecule has 0 aliphatic carbocycles. The summed E-state index contributed by atoms with van der Waals surface area (Å²) < 4.78 is 13.9. The van der Waals surface area contributed by atoms with Crippen molar-refractivity contribution in [2.24, 2.45) is 0 Å². The number of thioether (sulfide) groups is 1. The van der Waals surface area contributed by atoms with Crippen LogP contribution in [0.2, 0.25) is 0 Å². The Labute approximate surface area is 189 Å². The third-order valence-corrected chi connectivity index (χ3v) is 6.28. The predicted octanol–water partition coefficient (Wildman–Crippen LogP) is 4.82.